The van der Waals surface area contributed by atoms with Crippen molar-refractivity contribution in [3.63, 3.8) is 0 Å². The van der Waals surface area contributed by atoms with Gasteiger partial charge in [0.1, 0.15) is 6.61 Å². The third-order valence-electron chi connectivity index (χ3n) is 8.28. The van der Waals surface area contributed by atoms with Crippen LogP contribution in [0.5, 0.6) is 0 Å². The SMILES string of the molecule is CC(=O)OCC=C1CCC2C3C[C@H](C)C4=CC(=O)C=CC4(C)C3C(O)CC12C. The highest BCUT2D eigenvalue weighted by atomic mass is 16.5. The molecular formula is C24H32O4. The number of fused-ring (bicyclic) bond motifs is 5. The zero-order valence-electron chi connectivity index (χ0n) is 17.4. The predicted molar refractivity (Wildman–Crippen MR) is 107 cm³/mol. The summed E-state index contributed by atoms with van der Waals surface area (Å²) in [4.78, 5) is 23.1. The summed E-state index contributed by atoms with van der Waals surface area (Å²) in [5.74, 6) is 1.28. The van der Waals surface area contributed by atoms with Crippen molar-refractivity contribution in [1.82, 2.24) is 0 Å². The van der Waals surface area contributed by atoms with Crippen LogP contribution in [0.3, 0.4) is 0 Å². The van der Waals surface area contributed by atoms with Crippen LogP contribution in [0.1, 0.15) is 53.4 Å². The van der Waals surface area contributed by atoms with Crippen molar-refractivity contribution in [3.05, 3.63) is 35.5 Å². The van der Waals surface area contributed by atoms with Gasteiger partial charge in [-0.15, -0.1) is 0 Å². The minimum Gasteiger partial charge on any atom is -0.462 e. The minimum atomic E-state index is -0.403. The van der Waals surface area contributed by atoms with Crippen molar-refractivity contribution < 1.29 is 19.4 Å². The van der Waals surface area contributed by atoms with Crippen LogP contribution in [-0.2, 0) is 14.3 Å². The Morgan fingerprint density at radius 3 is 2.86 bits per heavy atom. The van der Waals surface area contributed by atoms with Gasteiger partial charge in [-0.2, -0.15) is 0 Å². The molecule has 6 unspecified atom stereocenters. The lowest BCUT2D eigenvalue weighted by Crippen LogP contribution is -2.56. The third-order valence-corrected chi connectivity index (χ3v) is 8.28. The van der Waals surface area contributed by atoms with Crippen molar-refractivity contribution in [2.45, 2.75) is 59.5 Å². The maximum atomic E-state index is 12.0. The van der Waals surface area contributed by atoms with E-state index in [1.807, 2.05) is 6.08 Å². The Balaban J connectivity index is 1.67. The highest BCUT2D eigenvalue weighted by Gasteiger charge is 2.61. The average molecular weight is 385 g/mol. The minimum absolute atomic E-state index is 0.0355. The van der Waals surface area contributed by atoms with E-state index in [1.54, 1.807) is 6.08 Å². The molecular weight excluding hydrogens is 352 g/mol. The fourth-order valence-corrected chi connectivity index (χ4v) is 7.19. The Morgan fingerprint density at radius 1 is 1.39 bits per heavy atom. The van der Waals surface area contributed by atoms with Crippen LogP contribution >= 0.6 is 0 Å². The monoisotopic (exact) mass is 384 g/mol. The van der Waals surface area contributed by atoms with Gasteiger partial charge in [0.2, 0.25) is 0 Å². The van der Waals surface area contributed by atoms with Gasteiger partial charge in [0, 0.05) is 18.3 Å². The summed E-state index contributed by atoms with van der Waals surface area (Å²) in [5, 5.41) is 11.3. The summed E-state index contributed by atoms with van der Waals surface area (Å²) in [7, 11) is 0. The first-order valence-corrected chi connectivity index (χ1v) is 10.6. The number of allylic oxidation sites excluding steroid dienone is 5. The van der Waals surface area contributed by atoms with Gasteiger partial charge in [0.25, 0.3) is 0 Å². The van der Waals surface area contributed by atoms with E-state index in [2.05, 4.69) is 32.9 Å². The van der Waals surface area contributed by atoms with Crippen molar-refractivity contribution in [3.8, 4) is 0 Å². The molecule has 0 aliphatic heterocycles. The number of carbonyl (C=O) groups excluding carboxylic acids is 2. The largest absolute Gasteiger partial charge is 0.462 e. The number of esters is 1. The first kappa shape index (κ1) is 19.6. The average Bonchev–Trinajstić information content (AvgIpc) is 2.92. The summed E-state index contributed by atoms with van der Waals surface area (Å²) in [6.07, 6.45) is 11.2. The molecule has 0 aromatic heterocycles. The number of carbonyl (C=O) groups is 2. The highest BCUT2D eigenvalue weighted by molar-refractivity contribution is 6.01. The molecule has 4 nitrogen and oxygen atoms in total. The van der Waals surface area contributed by atoms with Gasteiger partial charge in [-0.25, -0.2) is 0 Å². The molecule has 152 valence electrons. The molecule has 4 rings (SSSR count). The second-order valence-electron chi connectivity index (χ2n) is 9.81. The third kappa shape index (κ3) is 2.83. The second-order valence-corrected chi connectivity index (χ2v) is 9.81. The van der Waals surface area contributed by atoms with E-state index in [9.17, 15) is 14.7 Å². The van der Waals surface area contributed by atoms with Crippen LogP contribution in [-0.4, -0.2) is 29.6 Å². The molecule has 4 aliphatic rings. The highest BCUT2D eigenvalue weighted by Crippen LogP contribution is 2.66. The first-order chi connectivity index (χ1) is 13.2. The molecule has 0 bridgehead atoms. The molecule has 3 fully saturated rings. The van der Waals surface area contributed by atoms with Crippen LogP contribution in [0.15, 0.2) is 35.5 Å². The topological polar surface area (TPSA) is 63.6 Å². The van der Waals surface area contributed by atoms with Crippen molar-refractivity contribution in [1.29, 1.82) is 0 Å². The molecule has 1 N–H and O–H groups in total. The molecule has 0 saturated heterocycles. The zero-order valence-corrected chi connectivity index (χ0v) is 17.4. The fraction of sp³-hybridized carbons (Fsp3) is 0.667. The predicted octanol–water partition coefficient (Wildman–Crippen LogP) is 4.00. The van der Waals surface area contributed by atoms with E-state index in [0.717, 1.165) is 25.7 Å². The van der Waals surface area contributed by atoms with Crippen LogP contribution in [0.2, 0.25) is 0 Å². The standard InChI is InChI=1S/C24H32O4/c1-14-11-18-19-6-5-16(8-10-28-15(2)25)24(19,4)13-21(27)22(18)23(3)9-7-17(26)12-20(14)23/h7-9,12,14,18-19,21-22,27H,5-6,10-11,13H2,1-4H3/t14-,18?,19?,21?,22?,23?,24?/m0/s1. The number of ether oxygens (including phenoxy) is 1. The van der Waals surface area contributed by atoms with Gasteiger partial charge in [-0.3, -0.25) is 9.59 Å². The maximum Gasteiger partial charge on any atom is 0.302 e. The Hall–Kier alpha value is -1.68. The van der Waals surface area contributed by atoms with E-state index < -0.39 is 6.10 Å². The van der Waals surface area contributed by atoms with Crippen molar-refractivity contribution >= 4 is 11.8 Å². The molecule has 7 atom stereocenters. The summed E-state index contributed by atoms with van der Waals surface area (Å²) in [5.41, 5.74) is 2.27. The number of hydrogen-bond donors (Lipinski definition) is 1. The van der Waals surface area contributed by atoms with E-state index in [-0.39, 0.29) is 28.5 Å². The normalized spacial score (nSPS) is 45.9. The lowest BCUT2D eigenvalue weighted by Gasteiger charge is -2.59. The number of aliphatic hydroxyl groups is 1. The summed E-state index contributed by atoms with van der Waals surface area (Å²) in [6, 6.07) is 0. The Kier molecular flexibility index (Phi) is 4.69. The number of aliphatic hydroxyl groups excluding tert-OH is 1. The molecule has 0 radical (unpaired) electrons. The molecule has 0 aromatic carbocycles. The van der Waals surface area contributed by atoms with E-state index >= 15 is 0 Å². The van der Waals surface area contributed by atoms with E-state index in [0.29, 0.717) is 24.4 Å². The van der Waals surface area contributed by atoms with Crippen LogP contribution in [0.25, 0.3) is 0 Å². The van der Waals surface area contributed by atoms with Gasteiger partial charge >= 0.3 is 5.97 Å². The lowest BCUT2D eigenvalue weighted by molar-refractivity contribution is -0.139. The molecule has 0 spiro atoms. The summed E-state index contributed by atoms with van der Waals surface area (Å²) >= 11 is 0. The Bertz CT molecular complexity index is 790. The van der Waals surface area contributed by atoms with Crippen LogP contribution in [0, 0.1) is 34.5 Å². The quantitative estimate of drug-likeness (QED) is 0.577. The molecule has 0 amide bonds. The van der Waals surface area contributed by atoms with Gasteiger partial charge in [-0.1, -0.05) is 38.0 Å². The number of hydrogen-bond acceptors (Lipinski definition) is 4. The Labute approximate surface area is 167 Å². The van der Waals surface area contributed by atoms with Crippen molar-refractivity contribution in [2.24, 2.45) is 34.5 Å². The van der Waals surface area contributed by atoms with Crippen molar-refractivity contribution in [2.75, 3.05) is 6.61 Å². The molecule has 0 aromatic rings. The number of ketones is 1. The molecule has 4 heteroatoms. The molecule has 28 heavy (non-hydrogen) atoms. The zero-order chi connectivity index (χ0) is 20.3. The second kappa shape index (κ2) is 6.69. The number of rotatable bonds is 2. The Morgan fingerprint density at radius 2 is 2.14 bits per heavy atom. The maximum absolute atomic E-state index is 12.0. The first-order valence-electron chi connectivity index (χ1n) is 10.6. The van der Waals surface area contributed by atoms with Crippen LogP contribution in [0.4, 0.5) is 0 Å². The van der Waals surface area contributed by atoms with Gasteiger partial charge in [0.05, 0.1) is 6.10 Å². The van der Waals surface area contributed by atoms with Gasteiger partial charge in [0.15, 0.2) is 5.78 Å². The summed E-state index contributed by atoms with van der Waals surface area (Å²) < 4.78 is 5.15. The molecule has 4 aliphatic carbocycles. The fourth-order valence-electron chi connectivity index (χ4n) is 7.19. The van der Waals surface area contributed by atoms with E-state index in [4.69, 9.17) is 4.74 Å². The van der Waals surface area contributed by atoms with Crippen LogP contribution < -0.4 is 0 Å². The molecule has 3 saturated carbocycles. The molecule has 0 heterocycles. The van der Waals surface area contributed by atoms with Gasteiger partial charge in [-0.05, 0) is 67.1 Å². The smallest absolute Gasteiger partial charge is 0.302 e. The van der Waals surface area contributed by atoms with E-state index in [1.165, 1.54) is 18.1 Å². The van der Waals surface area contributed by atoms with Gasteiger partial charge < -0.3 is 9.84 Å². The summed E-state index contributed by atoms with van der Waals surface area (Å²) in [6.45, 7) is 8.50. The lowest BCUT2D eigenvalue weighted by atomic mass is 9.46.